The molecule has 0 saturated heterocycles. The molecule has 6 heteroatoms. The zero-order valence-corrected chi connectivity index (χ0v) is 16.8. The lowest BCUT2D eigenvalue weighted by Gasteiger charge is -2.23. The number of pyridine rings is 1. The standard InChI is InChI=1S/C21H15BrClN3O/c1-14(27)26(18-8-3-2-4-9-18)19-11-16(15-6-5-7-17(23)10-15)13-25-20(22)12-24-21(19)25/h2-13H,1H3. The summed E-state index contributed by atoms with van der Waals surface area (Å²) in [5, 5.41) is 0.658. The minimum absolute atomic E-state index is 0.0922. The van der Waals surface area contributed by atoms with E-state index in [9.17, 15) is 4.79 Å². The molecule has 0 atom stereocenters. The van der Waals surface area contributed by atoms with E-state index in [0.29, 0.717) is 16.4 Å². The summed E-state index contributed by atoms with van der Waals surface area (Å²) in [6.45, 7) is 1.55. The molecule has 0 unspecified atom stereocenters. The smallest absolute Gasteiger partial charge is 0.228 e. The minimum Gasteiger partial charge on any atom is -0.292 e. The maximum absolute atomic E-state index is 12.6. The number of amides is 1. The monoisotopic (exact) mass is 439 g/mol. The molecule has 0 N–H and O–H groups in total. The van der Waals surface area contributed by atoms with Crippen LogP contribution in [0.1, 0.15) is 6.92 Å². The summed E-state index contributed by atoms with van der Waals surface area (Å²) in [6, 6.07) is 19.1. The second-order valence-electron chi connectivity index (χ2n) is 6.09. The Morgan fingerprint density at radius 3 is 2.56 bits per heavy atom. The van der Waals surface area contributed by atoms with Crippen LogP contribution in [0.4, 0.5) is 11.4 Å². The molecule has 0 aliphatic carbocycles. The van der Waals surface area contributed by atoms with Gasteiger partial charge in [0.05, 0.1) is 11.9 Å². The number of para-hydroxylation sites is 1. The summed E-state index contributed by atoms with van der Waals surface area (Å²) in [4.78, 5) is 18.7. The molecule has 0 spiro atoms. The Kier molecular flexibility index (Phi) is 4.72. The Morgan fingerprint density at radius 1 is 1.07 bits per heavy atom. The van der Waals surface area contributed by atoms with Gasteiger partial charge in [-0.25, -0.2) is 4.98 Å². The first-order valence-corrected chi connectivity index (χ1v) is 9.50. The van der Waals surface area contributed by atoms with E-state index in [4.69, 9.17) is 11.6 Å². The molecule has 0 radical (unpaired) electrons. The van der Waals surface area contributed by atoms with Gasteiger partial charge in [-0.2, -0.15) is 0 Å². The normalized spacial score (nSPS) is 10.9. The third kappa shape index (κ3) is 3.36. The molecule has 2 heterocycles. The van der Waals surface area contributed by atoms with Crippen molar-refractivity contribution in [2.45, 2.75) is 6.92 Å². The topological polar surface area (TPSA) is 37.6 Å². The summed E-state index contributed by atoms with van der Waals surface area (Å²) in [6.07, 6.45) is 3.70. The Hall–Kier alpha value is -2.63. The summed E-state index contributed by atoms with van der Waals surface area (Å²) in [5.74, 6) is -0.0922. The molecule has 4 aromatic rings. The Morgan fingerprint density at radius 2 is 1.85 bits per heavy atom. The van der Waals surface area contributed by atoms with Crippen molar-refractivity contribution in [2.75, 3.05) is 4.90 Å². The van der Waals surface area contributed by atoms with Crippen LogP contribution in [0.5, 0.6) is 0 Å². The molecule has 2 aromatic carbocycles. The Balaban J connectivity index is 2.00. The SMILES string of the molecule is CC(=O)N(c1ccccc1)c1cc(-c2cccc(Cl)c2)cn2c(Br)cnc12. The highest BCUT2D eigenvalue weighted by molar-refractivity contribution is 9.10. The quantitative estimate of drug-likeness (QED) is 0.386. The van der Waals surface area contributed by atoms with Gasteiger partial charge in [-0.15, -0.1) is 0 Å². The summed E-state index contributed by atoms with van der Waals surface area (Å²) in [5.41, 5.74) is 4.07. The number of anilines is 2. The van der Waals surface area contributed by atoms with Crippen LogP contribution in [0.15, 0.2) is 77.7 Å². The number of hydrogen-bond acceptors (Lipinski definition) is 2. The molecule has 134 valence electrons. The molecule has 1 amide bonds. The molecule has 2 aromatic heterocycles. The second-order valence-corrected chi connectivity index (χ2v) is 7.34. The first-order valence-electron chi connectivity index (χ1n) is 8.33. The lowest BCUT2D eigenvalue weighted by molar-refractivity contribution is -0.115. The summed E-state index contributed by atoms with van der Waals surface area (Å²) < 4.78 is 2.73. The van der Waals surface area contributed by atoms with Gasteiger partial charge in [0.1, 0.15) is 4.60 Å². The van der Waals surface area contributed by atoms with E-state index < -0.39 is 0 Å². The van der Waals surface area contributed by atoms with Gasteiger partial charge < -0.3 is 0 Å². The van der Waals surface area contributed by atoms with E-state index >= 15 is 0 Å². The fourth-order valence-corrected chi connectivity index (χ4v) is 3.66. The van der Waals surface area contributed by atoms with Gasteiger partial charge >= 0.3 is 0 Å². The third-order valence-corrected chi connectivity index (χ3v) is 5.09. The van der Waals surface area contributed by atoms with Crippen molar-refractivity contribution in [3.63, 3.8) is 0 Å². The van der Waals surface area contributed by atoms with Gasteiger partial charge in [-0.1, -0.05) is 41.9 Å². The van der Waals surface area contributed by atoms with Gasteiger partial charge in [0.25, 0.3) is 0 Å². The Labute approximate surface area is 170 Å². The van der Waals surface area contributed by atoms with E-state index in [2.05, 4.69) is 20.9 Å². The number of carbonyl (C=O) groups excluding carboxylic acids is 1. The maximum atomic E-state index is 12.6. The Bertz CT molecular complexity index is 1140. The molecule has 0 saturated carbocycles. The lowest BCUT2D eigenvalue weighted by atomic mass is 10.1. The number of carbonyl (C=O) groups is 1. The van der Waals surface area contributed by atoms with Crippen molar-refractivity contribution in [1.29, 1.82) is 0 Å². The first-order chi connectivity index (χ1) is 13.0. The van der Waals surface area contributed by atoms with Crippen LogP contribution in [-0.2, 0) is 4.79 Å². The number of aromatic nitrogens is 2. The second kappa shape index (κ2) is 7.18. The van der Waals surface area contributed by atoms with Gasteiger partial charge in [-0.3, -0.25) is 14.1 Å². The van der Waals surface area contributed by atoms with E-state index in [1.807, 2.05) is 71.3 Å². The molecule has 0 fully saturated rings. The van der Waals surface area contributed by atoms with Crippen LogP contribution >= 0.6 is 27.5 Å². The fourth-order valence-electron chi connectivity index (χ4n) is 3.10. The largest absolute Gasteiger partial charge is 0.292 e. The van der Waals surface area contributed by atoms with Crippen LogP contribution in [0.3, 0.4) is 0 Å². The van der Waals surface area contributed by atoms with Crippen LogP contribution in [0, 0.1) is 0 Å². The molecule has 0 bridgehead atoms. The average Bonchev–Trinajstić information content (AvgIpc) is 3.04. The highest BCUT2D eigenvalue weighted by Gasteiger charge is 2.20. The molecule has 4 nitrogen and oxygen atoms in total. The van der Waals surface area contributed by atoms with Crippen molar-refractivity contribution in [3.05, 3.63) is 82.7 Å². The number of rotatable bonds is 3. The zero-order valence-electron chi connectivity index (χ0n) is 14.4. The average molecular weight is 441 g/mol. The van der Waals surface area contributed by atoms with Crippen LogP contribution < -0.4 is 4.90 Å². The van der Waals surface area contributed by atoms with Crippen molar-refractivity contribution in [2.24, 2.45) is 0 Å². The van der Waals surface area contributed by atoms with E-state index in [-0.39, 0.29) is 5.91 Å². The predicted octanol–water partition coefficient (Wildman–Crippen LogP) is 6.10. The van der Waals surface area contributed by atoms with E-state index in [1.54, 1.807) is 18.0 Å². The molecule has 0 aliphatic heterocycles. The number of fused-ring (bicyclic) bond motifs is 1. The van der Waals surface area contributed by atoms with Gasteiger partial charge in [0.15, 0.2) is 5.65 Å². The van der Waals surface area contributed by atoms with E-state index in [1.165, 1.54) is 0 Å². The highest BCUT2D eigenvalue weighted by Crippen LogP contribution is 2.35. The van der Waals surface area contributed by atoms with Crippen molar-refractivity contribution >= 4 is 50.5 Å². The van der Waals surface area contributed by atoms with Crippen molar-refractivity contribution in [3.8, 4) is 11.1 Å². The van der Waals surface area contributed by atoms with Gasteiger partial charge in [0, 0.05) is 29.4 Å². The number of imidazole rings is 1. The van der Waals surface area contributed by atoms with Gasteiger partial charge in [0.2, 0.25) is 5.91 Å². The van der Waals surface area contributed by atoms with Crippen LogP contribution in [-0.4, -0.2) is 15.3 Å². The predicted molar refractivity (Wildman–Crippen MR) is 113 cm³/mol. The molecular formula is C21H15BrClN3O. The third-order valence-electron chi connectivity index (χ3n) is 4.27. The van der Waals surface area contributed by atoms with Crippen LogP contribution in [0.25, 0.3) is 16.8 Å². The summed E-state index contributed by atoms with van der Waals surface area (Å²) >= 11 is 9.71. The number of benzene rings is 2. The molecular weight excluding hydrogens is 426 g/mol. The molecule has 27 heavy (non-hydrogen) atoms. The highest BCUT2D eigenvalue weighted by atomic mass is 79.9. The maximum Gasteiger partial charge on any atom is 0.228 e. The van der Waals surface area contributed by atoms with Gasteiger partial charge in [-0.05, 0) is 51.8 Å². The lowest BCUT2D eigenvalue weighted by Crippen LogP contribution is -2.23. The summed E-state index contributed by atoms with van der Waals surface area (Å²) in [7, 11) is 0. The number of halogens is 2. The zero-order chi connectivity index (χ0) is 19.0. The number of nitrogens with zero attached hydrogens (tertiary/aromatic N) is 3. The van der Waals surface area contributed by atoms with E-state index in [0.717, 1.165) is 21.4 Å². The van der Waals surface area contributed by atoms with Crippen molar-refractivity contribution in [1.82, 2.24) is 9.38 Å². The van der Waals surface area contributed by atoms with Crippen molar-refractivity contribution < 1.29 is 4.79 Å². The molecule has 0 aliphatic rings. The fraction of sp³-hybridized carbons (Fsp3) is 0.0476. The first kappa shape index (κ1) is 17.8. The minimum atomic E-state index is -0.0922. The van der Waals surface area contributed by atoms with Crippen LogP contribution in [0.2, 0.25) is 5.02 Å². The number of hydrogen-bond donors (Lipinski definition) is 0. The molecule has 4 rings (SSSR count).